The number of rotatable bonds is 0. The summed E-state index contributed by atoms with van der Waals surface area (Å²) in [6.07, 6.45) is 1.31. The third kappa shape index (κ3) is 0.814. The van der Waals surface area contributed by atoms with Gasteiger partial charge in [0, 0.05) is 6.42 Å². The van der Waals surface area contributed by atoms with E-state index in [9.17, 15) is 0 Å². The average molecular weight is 141 g/mol. The maximum atomic E-state index is 5.29. The highest BCUT2D eigenvalue weighted by atomic mass is 16.6. The van der Waals surface area contributed by atoms with E-state index in [-0.39, 0.29) is 0 Å². The van der Waals surface area contributed by atoms with Crippen molar-refractivity contribution in [2.45, 2.75) is 19.4 Å². The largest absolute Gasteiger partial charge is 0.392 e. The maximum absolute atomic E-state index is 5.29. The fourth-order valence-electron chi connectivity index (χ4n) is 1.45. The summed E-state index contributed by atoms with van der Waals surface area (Å²) in [5.41, 5.74) is 1.09. The molecule has 1 fully saturated rings. The van der Waals surface area contributed by atoms with Crippen LogP contribution in [0, 0.1) is 5.92 Å². The third-order valence-electron chi connectivity index (χ3n) is 2.16. The fourth-order valence-corrected chi connectivity index (χ4v) is 1.45. The molecule has 0 radical (unpaired) electrons. The fraction of sp³-hybridized carbons (Fsp3) is 0.857. The molecule has 0 amide bonds. The third-order valence-corrected chi connectivity index (χ3v) is 2.16. The summed E-state index contributed by atoms with van der Waals surface area (Å²) in [5.74, 6) is 0.439. The quantitative estimate of drug-likeness (QED) is 0.499. The minimum Gasteiger partial charge on any atom is -0.392 e. The van der Waals surface area contributed by atoms with Crippen LogP contribution in [0.2, 0.25) is 0 Å². The molecular weight excluding hydrogens is 130 g/mol. The molecule has 1 saturated heterocycles. The van der Waals surface area contributed by atoms with Crippen molar-refractivity contribution in [3.05, 3.63) is 0 Å². The molecule has 2 aliphatic heterocycles. The normalized spacial score (nSPS) is 38.3. The molecule has 3 heteroatoms. The van der Waals surface area contributed by atoms with Gasteiger partial charge in [-0.25, -0.2) is 0 Å². The van der Waals surface area contributed by atoms with Crippen LogP contribution in [-0.2, 0) is 9.57 Å². The van der Waals surface area contributed by atoms with E-state index in [0.29, 0.717) is 12.0 Å². The summed E-state index contributed by atoms with van der Waals surface area (Å²) in [6.45, 7) is 3.61. The lowest BCUT2D eigenvalue weighted by Crippen LogP contribution is -2.32. The number of oxime groups is 1. The lowest BCUT2D eigenvalue weighted by molar-refractivity contribution is -0.0315. The lowest BCUT2D eigenvalue weighted by atomic mass is 9.95. The first-order chi connectivity index (χ1) is 4.88. The van der Waals surface area contributed by atoms with E-state index in [2.05, 4.69) is 5.16 Å². The topological polar surface area (TPSA) is 30.8 Å². The molecule has 0 aromatic rings. The molecule has 2 heterocycles. The van der Waals surface area contributed by atoms with Gasteiger partial charge in [-0.2, -0.15) is 0 Å². The Morgan fingerprint density at radius 3 is 3.30 bits per heavy atom. The van der Waals surface area contributed by atoms with Crippen LogP contribution < -0.4 is 0 Å². The Morgan fingerprint density at radius 1 is 1.60 bits per heavy atom. The molecule has 2 unspecified atom stereocenters. The van der Waals surface area contributed by atoms with Crippen molar-refractivity contribution in [3.63, 3.8) is 0 Å². The van der Waals surface area contributed by atoms with Crippen molar-refractivity contribution in [2.24, 2.45) is 11.1 Å². The summed E-state index contributed by atoms with van der Waals surface area (Å²) in [5, 5.41) is 3.92. The highest BCUT2D eigenvalue weighted by Crippen LogP contribution is 2.24. The van der Waals surface area contributed by atoms with E-state index in [1.54, 1.807) is 0 Å². The second kappa shape index (κ2) is 2.23. The zero-order valence-electron chi connectivity index (χ0n) is 6.04. The molecule has 10 heavy (non-hydrogen) atoms. The van der Waals surface area contributed by atoms with Gasteiger partial charge in [0.2, 0.25) is 0 Å². The number of hydrogen-bond donors (Lipinski definition) is 0. The Balaban J connectivity index is 2.08. The van der Waals surface area contributed by atoms with Gasteiger partial charge >= 0.3 is 0 Å². The van der Waals surface area contributed by atoms with E-state index in [0.717, 1.165) is 25.3 Å². The number of hydrogen-bond acceptors (Lipinski definition) is 3. The van der Waals surface area contributed by atoms with E-state index in [1.807, 2.05) is 6.92 Å². The van der Waals surface area contributed by atoms with Crippen LogP contribution in [-0.4, -0.2) is 25.0 Å². The molecule has 2 aliphatic rings. The van der Waals surface area contributed by atoms with Crippen molar-refractivity contribution < 1.29 is 9.57 Å². The minimum absolute atomic E-state index is 0.314. The monoisotopic (exact) mass is 141 g/mol. The van der Waals surface area contributed by atoms with Crippen LogP contribution in [0.15, 0.2) is 5.16 Å². The SMILES string of the molecule is CC1=NOC2CCOCC12. The first kappa shape index (κ1) is 6.16. The Labute approximate surface area is 60.0 Å². The Hall–Kier alpha value is -0.570. The van der Waals surface area contributed by atoms with Crippen molar-refractivity contribution in [1.29, 1.82) is 0 Å². The number of ether oxygens (including phenoxy) is 1. The van der Waals surface area contributed by atoms with Gasteiger partial charge in [-0.3, -0.25) is 0 Å². The summed E-state index contributed by atoms with van der Waals surface area (Å²) in [6, 6.07) is 0. The van der Waals surface area contributed by atoms with Gasteiger partial charge in [-0.05, 0) is 6.92 Å². The molecule has 0 spiro atoms. The first-order valence-corrected chi connectivity index (χ1v) is 3.66. The molecule has 0 N–H and O–H groups in total. The van der Waals surface area contributed by atoms with Crippen molar-refractivity contribution >= 4 is 5.71 Å². The average Bonchev–Trinajstić information content (AvgIpc) is 2.34. The van der Waals surface area contributed by atoms with Crippen molar-refractivity contribution in [3.8, 4) is 0 Å². The highest BCUT2D eigenvalue weighted by Gasteiger charge is 2.34. The van der Waals surface area contributed by atoms with Crippen LogP contribution in [0.3, 0.4) is 0 Å². The second-order valence-corrected chi connectivity index (χ2v) is 2.85. The molecule has 2 atom stereocenters. The van der Waals surface area contributed by atoms with E-state index < -0.39 is 0 Å². The van der Waals surface area contributed by atoms with E-state index in [4.69, 9.17) is 9.57 Å². The van der Waals surface area contributed by atoms with Crippen LogP contribution >= 0.6 is 0 Å². The Bertz CT molecular complexity index is 167. The lowest BCUT2D eigenvalue weighted by Gasteiger charge is -2.22. The second-order valence-electron chi connectivity index (χ2n) is 2.85. The molecule has 0 bridgehead atoms. The van der Waals surface area contributed by atoms with Crippen molar-refractivity contribution in [1.82, 2.24) is 0 Å². The molecule has 0 aromatic carbocycles. The van der Waals surface area contributed by atoms with Crippen LogP contribution in [0.25, 0.3) is 0 Å². The van der Waals surface area contributed by atoms with Gasteiger partial charge < -0.3 is 9.57 Å². The molecule has 56 valence electrons. The summed E-state index contributed by atoms with van der Waals surface area (Å²) >= 11 is 0. The van der Waals surface area contributed by atoms with Gasteiger partial charge in [0.15, 0.2) is 0 Å². The summed E-state index contributed by atoms with van der Waals surface area (Å²) in [4.78, 5) is 5.18. The number of nitrogens with zero attached hydrogens (tertiary/aromatic N) is 1. The predicted octanol–water partition coefficient (Wildman–Crippen LogP) is 0.798. The van der Waals surface area contributed by atoms with Crippen LogP contribution in [0.1, 0.15) is 13.3 Å². The van der Waals surface area contributed by atoms with Gasteiger partial charge in [0.05, 0.1) is 24.8 Å². The standard InChI is InChI=1S/C7H11NO2/c1-5-6-4-9-3-2-7(6)10-8-5/h6-7H,2-4H2,1H3. The van der Waals surface area contributed by atoms with E-state index >= 15 is 0 Å². The molecule has 2 rings (SSSR count). The Morgan fingerprint density at radius 2 is 2.50 bits per heavy atom. The smallest absolute Gasteiger partial charge is 0.140 e. The highest BCUT2D eigenvalue weighted by molar-refractivity contribution is 5.85. The zero-order valence-corrected chi connectivity index (χ0v) is 6.04. The molecule has 0 saturated carbocycles. The molecular formula is C7H11NO2. The molecule has 0 aliphatic carbocycles. The first-order valence-electron chi connectivity index (χ1n) is 3.66. The van der Waals surface area contributed by atoms with Crippen LogP contribution in [0.4, 0.5) is 0 Å². The van der Waals surface area contributed by atoms with Gasteiger partial charge in [-0.1, -0.05) is 5.16 Å². The van der Waals surface area contributed by atoms with Gasteiger partial charge in [0.25, 0.3) is 0 Å². The van der Waals surface area contributed by atoms with Gasteiger partial charge in [-0.15, -0.1) is 0 Å². The summed E-state index contributed by atoms with van der Waals surface area (Å²) < 4.78 is 5.29. The van der Waals surface area contributed by atoms with Crippen LogP contribution in [0.5, 0.6) is 0 Å². The van der Waals surface area contributed by atoms with E-state index in [1.165, 1.54) is 0 Å². The molecule has 0 aromatic heterocycles. The predicted molar refractivity (Wildman–Crippen MR) is 36.9 cm³/mol. The zero-order chi connectivity index (χ0) is 6.97. The maximum Gasteiger partial charge on any atom is 0.140 e. The van der Waals surface area contributed by atoms with Crippen molar-refractivity contribution in [2.75, 3.05) is 13.2 Å². The molecule has 3 nitrogen and oxygen atoms in total. The number of fused-ring (bicyclic) bond motifs is 1. The minimum atomic E-state index is 0.314. The van der Waals surface area contributed by atoms with Gasteiger partial charge in [0.1, 0.15) is 6.10 Å². The summed E-state index contributed by atoms with van der Waals surface area (Å²) in [7, 11) is 0. The Kier molecular flexibility index (Phi) is 1.38.